The zero-order chi connectivity index (χ0) is 29.0. The van der Waals surface area contributed by atoms with Crippen molar-refractivity contribution < 1.29 is 22.9 Å². The quantitative estimate of drug-likeness (QED) is 0.0496. The van der Waals surface area contributed by atoms with E-state index in [-0.39, 0.29) is 5.91 Å². The van der Waals surface area contributed by atoms with Crippen LogP contribution in [0.15, 0.2) is 24.3 Å². The zero-order valence-corrected chi connectivity index (χ0v) is 26.1. The van der Waals surface area contributed by atoms with Crippen molar-refractivity contribution >= 4 is 16.0 Å². The van der Waals surface area contributed by atoms with Crippen LogP contribution in [0.25, 0.3) is 0 Å². The Hall–Kier alpha value is -1.18. The molecule has 3 N–H and O–H groups in total. The number of hydrogen-bond acceptors (Lipinski definition) is 4. The van der Waals surface area contributed by atoms with E-state index in [1.54, 1.807) is 0 Å². The molecule has 0 aromatic rings. The highest BCUT2D eigenvalue weighted by Crippen LogP contribution is 2.12. The minimum atomic E-state index is -4.33. The molecule has 0 saturated heterocycles. The molecule has 39 heavy (non-hydrogen) atoms. The number of nitrogens with one attached hydrogen (secondary N) is 1. The van der Waals surface area contributed by atoms with Gasteiger partial charge in [-0.1, -0.05) is 128 Å². The van der Waals surface area contributed by atoms with Crippen molar-refractivity contribution in [2.45, 2.75) is 167 Å². The third-order valence-electron chi connectivity index (χ3n) is 7.12. The van der Waals surface area contributed by atoms with E-state index in [0.717, 1.165) is 44.9 Å². The predicted octanol–water partition coefficient (Wildman–Crippen LogP) is 8.45. The average Bonchev–Trinajstić information content (AvgIpc) is 2.88. The molecule has 0 rings (SSSR count). The minimum Gasteiger partial charge on any atom is -0.387 e. The molecule has 0 aromatic heterocycles. The van der Waals surface area contributed by atoms with Crippen molar-refractivity contribution in [2.75, 3.05) is 5.75 Å². The largest absolute Gasteiger partial charge is 0.387 e. The Labute approximate surface area is 241 Å². The summed E-state index contributed by atoms with van der Waals surface area (Å²) in [6.07, 6.45) is 31.8. The Kier molecular flexibility index (Phi) is 26.2. The molecule has 0 aliphatic rings. The summed E-state index contributed by atoms with van der Waals surface area (Å²) in [6.45, 7) is 4.42. The monoisotopic (exact) mass is 571 g/mol. The van der Waals surface area contributed by atoms with Gasteiger partial charge in [0.05, 0.1) is 17.9 Å². The summed E-state index contributed by atoms with van der Waals surface area (Å²) in [6, 6.07) is -1.05. The minimum absolute atomic E-state index is 0.289. The fourth-order valence-corrected chi connectivity index (χ4v) is 5.41. The molecule has 2 atom stereocenters. The highest BCUT2D eigenvalue weighted by atomic mass is 32.2. The lowest BCUT2D eigenvalue weighted by atomic mass is 10.1. The fourth-order valence-electron chi connectivity index (χ4n) is 4.68. The van der Waals surface area contributed by atoms with Crippen LogP contribution >= 0.6 is 0 Å². The van der Waals surface area contributed by atoms with Gasteiger partial charge >= 0.3 is 0 Å². The lowest BCUT2D eigenvalue weighted by Gasteiger charge is -2.21. The highest BCUT2D eigenvalue weighted by molar-refractivity contribution is 7.85. The van der Waals surface area contributed by atoms with E-state index < -0.39 is 28.0 Å². The Morgan fingerprint density at radius 1 is 0.667 bits per heavy atom. The Bertz CT molecular complexity index is 720. The summed E-state index contributed by atoms with van der Waals surface area (Å²) in [5.41, 5.74) is 0. The van der Waals surface area contributed by atoms with Gasteiger partial charge in [0.2, 0.25) is 5.91 Å². The summed E-state index contributed by atoms with van der Waals surface area (Å²) in [7, 11) is -4.33. The lowest BCUT2D eigenvalue weighted by molar-refractivity contribution is -0.122. The number of amides is 1. The summed E-state index contributed by atoms with van der Waals surface area (Å²) < 4.78 is 32.0. The maximum Gasteiger partial charge on any atom is 0.267 e. The van der Waals surface area contributed by atoms with Crippen molar-refractivity contribution in [1.82, 2.24) is 5.32 Å². The molecule has 2 unspecified atom stereocenters. The van der Waals surface area contributed by atoms with Crippen molar-refractivity contribution in [3.05, 3.63) is 24.3 Å². The van der Waals surface area contributed by atoms with Crippen LogP contribution in [0.4, 0.5) is 0 Å². The van der Waals surface area contributed by atoms with E-state index >= 15 is 0 Å². The van der Waals surface area contributed by atoms with Crippen LogP contribution in [-0.2, 0) is 14.9 Å². The third-order valence-corrected chi connectivity index (χ3v) is 7.90. The SMILES string of the molecule is CCCCCCC/C=C/C(O)C(CS(=O)(=O)O)NC(=O)CCCCCCCCC/C=C\CCCCCCCC. The number of rotatable bonds is 28. The molecule has 0 bridgehead atoms. The van der Waals surface area contributed by atoms with Crippen LogP contribution in [0.2, 0.25) is 0 Å². The van der Waals surface area contributed by atoms with Crippen LogP contribution in [0.1, 0.15) is 155 Å². The van der Waals surface area contributed by atoms with Gasteiger partial charge in [-0.15, -0.1) is 0 Å². The number of aliphatic hydroxyl groups excluding tert-OH is 1. The van der Waals surface area contributed by atoms with Gasteiger partial charge in [0.15, 0.2) is 0 Å². The summed E-state index contributed by atoms with van der Waals surface area (Å²) >= 11 is 0. The van der Waals surface area contributed by atoms with E-state index in [1.807, 2.05) is 6.08 Å². The molecule has 7 heteroatoms. The van der Waals surface area contributed by atoms with Gasteiger partial charge in [-0.05, 0) is 44.9 Å². The summed E-state index contributed by atoms with van der Waals surface area (Å²) in [4.78, 5) is 12.4. The molecule has 1 amide bonds. The molecular formula is C32H61NO5S. The molecule has 0 aromatic carbocycles. The number of allylic oxidation sites excluding steroid dienone is 3. The van der Waals surface area contributed by atoms with Crippen LogP contribution < -0.4 is 5.32 Å². The maximum absolute atomic E-state index is 12.4. The van der Waals surface area contributed by atoms with Crippen LogP contribution in [0.3, 0.4) is 0 Å². The smallest absolute Gasteiger partial charge is 0.267 e. The first kappa shape index (κ1) is 37.8. The maximum atomic E-state index is 12.4. The molecule has 0 spiro atoms. The molecule has 0 aliphatic carbocycles. The molecule has 0 heterocycles. The van der Waals surface area contributed by atoms with E-state index in [4.69, 9.17) is 0 Å². The standard InChI is InChI=1S/C32H61NO5S/c1-3-5-7-9-11-12-13-14-15-16-17-18-19-20-22-24-26-28-32(35)33-30(29-39(36,37)38)31(34)27-25-23-21-10-8-6-4-2/h14-15,25,27,30-31,34H,3-13,16-24,26,28-29H2,1-2H3,(H,33,35)(H,36,37,38)/b15-14-,27-25+. The number of unbranched alkanes of at least 4 members (excludes halogenated alkanes) is 18. The average molecular weight is 572 g/mol. The van der Waals surface area contributed by atoms with E-state index in [0.29, 0.717) is 6.42 Å². The molecular weight excluding hydrogens is 510 g/mol. The van der Waals surface area contributed by atoms with Crippen molar-refractivity contribution in [1.29, 1.82) is 0 Å². The second-order valence-corrected chi connectivity index (χ2v) is 12.6. The van der Waals surface area contributed by atoms with Gasteiger partial charge in [-0.25, -0.2) is 0 Å². The zero-order valence-electron chi connectivity index (χ0n) is 25.3. The van der Waals surface area contributed by atoms with E-state index in [1.165, 1.54) is 96.0 Å². The second-order valence-electron chi connectivity index (χ2n) is 11.1. The Morgan fingerprint density at radius 3 is 1.54 bits per heavy atom. The van der Waals surface area contributed by atoms with Gasteiger partial charge in [0, 0.05) is 6.42 Å². The van der Waals surface area contributed by atoms with Crippen molar-refractivity contribution in [2.24, 2.45) is 0 Å². The fraction of sp³-hybridized carbons (Fsp3) is 0.844. The Balaban J connectivity index is 3.94. The third kappa shape index (κ3) is 28.2. The van der Waals surface area contributed by atoms with Crippen LogP contribution in [0.5, 0.6) is 0 Å². The second kappa shape index (κ2) is 27.0. The van der Waals surface area contributed by atoms with Gasteiger partial charge in [-0.3, -0.25) is 9.35 Å². The van der Waals surface area contributed by atoms with Gasteiger partial charge in [-0.2, -0.15) is 8.42 Å². The first-order chi connectivity index (χ1) is 18.8. The number of carbonyl (C=O) groups excluding carboxylic acids is 1. The molecule has 6 nitrogen and oxygen atoms in total. The molecule has 0 fully saturated rings. The van der Waals surface area contributed by atoms with Gasteiger partial charge in [0.1, 0.15) is 0 Å². The van der Waals surface area contributed by atoms with Gasteiger partial charge in [0.25, 0.3) is 10.1 Å². The first-order valence-corrected chi connectivity index (χ1v) is 17.6. The first-order valence-electron chi connectivity index (χ1n) is 16.0. The van der Waals surface area contributed by atoms with E-state index in [2.05, 4.69) is 31.3 Å². The van der Waals surface area contributed by atoms with Gasteiger partial charge < -0.3 is 10.4 Å². The predicted molar refractivity (Wildman–Crippen MR) is 166 cm³/mol. The Morgan fingerprint density at radius 2 is 1.08 bits per heavy atom. The highest BCUT2D eigenvalue weighted by Gasteiger charge is 2.24. The molecule has 0 aliphatic heterocycles. The van der Waals surface area contributed by atoms with Crippen LogP contribution in [-0.4, -0.2) is 41.9 Å². The molecule has 230 valence electrons. The van der Waals surface area contributed by atoms with Crippen molar-refractivity contribution in [3.8, 4) is 0 Å². The lowest BCUT2D eigenvalue weighted by Crippen LogP contribution is -2.46. The van der Waals surface area contributed by atoms with Crippen LogP contribution in [0, 0.1) is 0 Å². The summed E-state index contributed by atoms with van der Waals surface area (Å²) in [5, 5.41) is 13.0. The van der Waals surface area contributed by atoms with E-state index in [9.17, 15) is 22.9 Å². The van der Waals surface area contributed by atoms with Crippen molar-refractivity contribution in [3.63, 3.8) is 0 Å². The molecule has 0 radical (unpaired) electrons. The number of carbonyl (C=O) groups is 1. The topological polar surface area (TPSA) is 104 Å². The number of hydrogen-bond donors (Lipinski definition) is 3. The summed E-state index contributed by atoms with van der Waals surface area (Å²) in [5.74, 6) is -0.988. The molecule has 0 saturated carbocycles. The normalized spacial score (nSPS) is 13.8. The number of aliphatic hydroxyl groups is 1.